The van der Waals surface area contributed by atoms with Crippen molar-refractivity contribution in [3.63, 3.8) is 0 Å². The van der Waals surface area contributed by atoms with Crippen LogP contribution in [0, 0.1) is 11.8 Å². The maximum Gasteiger partial charge on any atom is 0.459 e. The number of allylic oxidation sites excluding steroid dienone is 4. The highest BCUT2D eigenvalue weighted by Crippen LogP contribution is 2.49. The minimum atomic E-state index is -4.23. The molecule has 2 rings (SSSR count). The molecular formula is C49H79N5O15P2. The van der Waals surface area contributed by atoms with E-state index in [2.05, 4.69) is 51.5 Å². The van der Waals surface area contributed by atoms with Gasteiger partial charge in [-0.25, -0.2) is 9.13 Å². The van der Waals surface area contributed by atoms with E-state index in [9.17, 15) is 33.4 Å². The molecule has 2 amide bonds. The highest BCUT2D eigenvalue weighted by Gasteiger charge is 2.36. The lowest BCUT2D eigenvalue weighted by Crippen LogP contribution is -2.39. The number of amides is 2. The second-order valence-corrected chi connectivity index (χ2v) is 20.4. The van der Waals surface area contributed by atoms with Crippen LogP contribution in [0.1, 0.15) is 109 Å². The highest BCUT2D eigenvalue weighted by atomic mass is 31.2. The SMILES string of the molecule is COC(=O)C(CO)NP(=O)(OC)Oc1ccc(CNC(=O)CCCC/C=C/C(C)CCOP(=O)(NC(CCCCN)C(=O)OC)Oc2ccc(CNC(=O)CCCC/C=C/C(C)C)cc2OC)cc1OC. The van der Waals surface area contributed by atoms with E-state index in [0.29, 0.717) is 56.6 Å². The Hall–Kier alpha value is -4.78. The summed E-state index contributed by atoms with van der Waals surface area (Å²) in [7, 11) is -2.06. The van der Waals surface area contributed by atoms with Gasteiger partial charge >= 0.3 is 27.4 Å². The zero-order chi connectivity index (χ0) is 52.7. The van der Waals surface area contributed by atoms with Gasteiger partial charge in [-0.05, 0) is 112 Å². The monoisotopic (exact) mass is 1040 g/mol. The number of nitrogens with one attached hydrogen (secondary N) is 4. The van der Waals surface area contributed by atoms with Crippen LogP contribution in [-0.2, 0) is 59.9 Å². The first-order chi connectivity index (χ1) is 34.0. The van der Waals surface area contributed by atoms with Crippen molar-refractivity contribution < 1.29 is 70.5 Å². The molecule has 0 saturated heterocycles. The largest absolute Gasteiger partial charge is 0.493 e. The van der Waals surface area contributed by atoms with Crippen molar-refractivity contribution in [1.82, 2.24) is 20.8 Å². The Morgan fingerprint density at radius 1 is 0.648 bits per heavy atom. The standard InChI is InChI=1S/C49H79N5O15P2/c1-36(2)19-13-9-11-15-22-46(56)52-34-39-25-27-43(45(32-39)63-5)69-71(61,53-40(48(58)64-6)21-17-18-29-50)67-30-28-37(3)20-14-10-12-16-23-47(57)51-33-38-24-26-42(44(31-38)62-4)68-70(60,66-8)54-41(35-55)49(59)65-7/h13-14,19-20,24-27,31-32,36-37,40-41,55H,9-12,15-18,21-23,28-30,33-35,50H2,1-8H3,(H,51,57)(H,52,56)(H,53,61)(H,54,60)/b19-13+,20-14+. The predicted molar refractivity (Wildman–Crippen MR) is 271 cm³/mol. The first-order valence-corrected chi connectivity index (χ1v) is 27.1. The molecule has 7 N–H and O–H groups in total. The van der Waals surface area contributed by atoms with Gasteiger partial charge in [0.1, 0.15) is 12.1 Å². The van der Waals surface area contributed by atoms with Crippen molar-refractivity contribution in [2.24, 2.45) is 17.6 Å². The molecule has 0 heterocycles. The first kappa shape index (κ1) is 62.3. The number of ether oxygens (including phenoxy) is 4. The molecule has 22 heteroatoms. The summed E-state index contributed by atoms with van der Waals surface area (Å²) in [5.74, 6) is -0.584. The van der Waals surface area contributed by atoms with Gasteiger partial charge in [0.05, 0.1) is 41.7 Å². The van der Waals surface area contributed by atoms with Crippen molar-refractivity contribution >= 4 is 39.2 Å². The van der Waals surface area contributed by atoms with Crippen LogP contribution < -0.4 is 45.1 Å². The van der Waals surface area contributed by atoms with E-state index < -0.39 is 46.1 Å². The molecule has 0 aliphatic heterocycles. The minimum absolute atomic E-state index is 0.0159. The lowest BCUT2D eigenvalue weighted by molar-refractivity contribution is -0.144. The summed E-state index contributed by atoms with van der Waals surface area (Å²) in [4.78, 5) is 49.9. The lowest BCUT2D eigenvalue weighted by atomic mass is 10.1. The van der Waals surface area contributed by atoms with Crippen molar-refractivity contribution in [3.05, 3.63) is 71.8 Å². The molecule has 0 aliphatic rings. The van der Waals surface area contributed by atoms with E-state index in [0.717, 1.165) is 51.9 Å². The van der Waals surface area contributed by atoms with Crippen molar-refractivity contribution in [1.29, 1.82) is 0 Å². The number of benzene rings is 2. The molecule has 5 unspecified atom stereocenters. The van der Waals surface area contributed by atoms with Crippen LogP contribution in [0.25, 0.3) is 0 Å². The molecule has 2 aromatic carbocycles. The van der Waals surface area contributed by atoms with Crippen LogP contribution in [-0.4, -0.2) is 96.3 Å². The second kappa shape index (κ2) is 34.6. The predicted octanol–water partition coefficient (Wildman–Crippen LogP) is 7.57. The first-order valence-electron chi connectivity index (χ1n) is 24.0. The van der Waals surface area contributed by atoms with E-state index in [1.165, 1.54) is 27.4 Å². The molecule has 2 aromatic rings. The molecule has 0 radical (unpaired) electrons. The second-order valence-electron chi connectivity index (χ2n) is 17.0. The molecule has 400 valence electrons. The van der Waals surface area contributed by atoms with Gasteiger partial charge in [0, 0.05) is 33.0 Å². The minimum Gasteiger partial charge on any atom is -0.493 e. The van der Waals surface area contributed by atoms with Gasteiger partial charge in [-0.15, -0.1) is 0 Å². The van der Waals surface area contributed by atoms with Gasteiger partial charge in [0.2, 0.25) is 11.8 Å². The number of methoxy groups -OCH3 is 4. The smallest absolute Gasteiger partial charge is 0.459 e. The summed E-state index contributed by atoms with van der Waals surface area (Å²) >= 11 is 0. The summed E-state index contributed by atoms with van der Waals surface area (Å²) in [6.07, 6.45) is 15.8. The van der Waals surface area contributed by atoms with Crippen molar-refractivity contribution in [3.8, 4) is 23.0 Å². The molecule has 0 fully saturated rings. The van der Waals surface area contributed by atoms with Crippen LogP contribution in [0.3, 0.4) is 0 Å². The zero-order valence-corrected chi connectivity index (χ0v) is 44.5. The number of rotatable bonds is 38. The molecule has 71 heavy (non-hydrogen) atoms. The average Bonchev–Trinajstić information content (AvgIpc) is 3.36. The summed E-state index contributed by atoms with van der Waals surface area (Å²) in [5.41, 5.74) is 7.11. The summed E-state index contributed by atoms with van der Waals surface area (Å²) in [5, 5.41) is 20.5. The van der Waals surface area contributed by atoms with Gasteiger partial charge < -0.3 is 49.5 Å². The Balaban J connectivity index is 1.95. The van der Waals surface area contributed by atoms with Crippen LogP contribution >= 0.6 is 15.5 Å². The fourth-order valence-corrected chi connectivity index (χ4v) is 9.41. The number of esters is 2. The topological polar surface area (TPSA) is 271 Å². The summed E-state index contributed by atoms with van der Waals surface area (Å²) in [6.45, 7) is 6.40. The normalized spacial score (nSPS) is 14.5. The van der Waals surface area contributed by atoms with Crippen LogP contribution in [0.4, 0.5) is 0 Å². The fourth-order valence-electron chi connectivity index (χ4n) is 6.65. The number of hydrogen-bond acceptors (Lipinski definition) is 16. The van der Waals surface area contributed by atoms with E-state index in [4.69, 9.17) is 38.0 Å². The molecule has 0 bridgehead atoms. The van der Waals surface area contributed by atoms with Crippen molar-refractivity contribution in [2.75, 3.05) is 55.3 Å². The van der Waals surface area contributed by atoms with Crippen LogP contribution in [0.2, 0.25) is 0 Å². The number of unbranched alkanes of at least 4 members (excludes halogenated alkanes) is 5. The Kier molecular flexibility index (Phi) is 30.3. The number of nitrogens with two attached hydrogens (primary N) is 1. The molecule has 5 atom stereocenters. The number of carbonyl (C=O) groups excluding carboxylic acids is 4. The van der Waals surface area contributed by atoms with E-state index in [1.54, 1.807) is 30.3 Å². The summed E-state index contributed by atoms with van der Waals surface area (Å²) in [6, 6.07) is 7.35. The fraction of sp³-hybridized carbons (Fsp3) is 0.592. The lowest BCUT2D eigenvalue weighted by Gasteiger charge is -2.25. The van der Waals surface area contributed by atoms with Gasteiger partial charge in [0.25, 0.3) is 0 Å². The maximum atomic E-state index is 14.5. The summed E-state index contributed by atoms with van der Waals surface area (Å²) < 4.78 is 70.8. The van der Waals surface area contributed by atoms with Crippen LogP contribution in [0.5, 0.6) is 23.0 Å². The average molecular weight is 1040 g/mol. The Labute approximate surface area is 420 Å². The van der Waals surface area contributed by atoms with E-state index in [-0.39, 0.29) is 66.8 Å². The molecule has 0 aliphatic carbocycles. The van der Waals surface area contributed by atoms with Gasteiger partial charge in [-0.2, -0.15) is 10.2 Å². The Bertz CT molecular complexity index is 2090. The molecule has 20 nitrogen and oxygen atoms in total. The maximum absolute atomic E-state index is 14.5. The van der Waals surface area contributed by atoms with E-state index in [1.807, 2.05) is 19.1 Å². The highest BCUT2D eigenvalue weighted by molar-refractivity contribution is 7.52. The number of aliphatic hydroxyl groups is 1. The van der Waals surface area contributed by atoms with Gasteiger partial charge in [-0.1, -0.05) is 63.6 Å². The Morgan fingerprint density at radius 2 is 1.15 bits per heavy atom. The zero-order valence-electron chi connectivity index (χ0n) is 42.7. The van der Waals surface area contributed by atoms with Gasteiger partial charge in [0.15, 0.2) is 23.0 Å². The number of carbonyl (C=O) groups is 4. The third-order valence-corrected chi connectivity index (χ3v) is 13.8. The number of aliphatic hydroxyl groups excluding tert-OH is 1. The quantitative estimate of drug-likeness (QED) is 0.0164. The third kappa shape index (κ3) is 24.9. The number of hydrogen-bond donors (Lipinski definition) is 6. The molecule has 0 saturated carbocycles. The third-order valence-electron chi connectivity index (χ3n) is 10.7. The van der Waals surface area contributed by atoms with E-state index >= 15 is 0 Å². The van der Waals surface area contributed by atoms with Gasteiger partial charge in [-0.3, -0.25) is 28.2 Å². The van der Waals surface area contributed by atoms with Crippen molar-refractivity contribution in [2.45, 2.75) is 123 Å². The molecular weight excluding hydrogens is 961 g/mol. The van der Waals surface area contributed by atoms with Crippen LogP contribution in [0.15, 0.2) is 60.7 Å². The Morgan fingerprint density at radius 3 is 1.63 bits per heavy atom. The molecule has 0 spiro atoms. The molecule has 0 aromatic heterocycles.